The molecule has 208 valence electrons. The molecule has 7 fully saturated rings. The van der Waals surface area contributed by atoms with Crippen LogP contribution in [-0.4, -0.2) is 71.7 Å². The third-order valence-corrected chi connectivity index (χ3v) is 14.4. The number of morpholine rings is 1. The first-order valence-corrected chi connectivity index (χ1v) is 15.3. The predicted molar refractivity (Wildman–Crippen MR) is 140 cm³/mol. The summed E-state index contributed by atoms with van der Waals surface area (Å²) < 4.78 is 12.2. The number of fused-ring (bicyclic) bond motifs is 4. The number of aliphatic hydroxyl groups excluding tert-OH is 2. The Morgan fingerprint density at radius 1 is 0.919 bits per heavy atom. The molecule has 7 rings (SSSR count). The van der Waals surface area contributed by atoms with Crippen LogP contribution in [0, 0.1) is 50.7 Å². The fourth-order valence-corrected chi connectivity index (χ4v) is 12.4. The van der Waals surface area contributed by atoms with E-state index in [4.69, 9.17) is 9.47 Å². The summed E-state index contributed by atoms with van der Waals surface area (Å²) in [5, 5.41) is 23.2. The van der Waals surface area contributed by atoms with Crippen LogP contribution in [0.25, 0.3) is 0 Å². The molecule has 0 aromatic heterocycles. The minimum Gasteiger partial charge on any atom is -0.393 e. The van der Waals surface area contributed by atoms with Gasteiger partial charge in [0.2, 0.25) is 0 Å². The average molecular weight is 516 g/mol. The zero-order valence-electron chi connectivity index (χ0n) is 23.7. The van der Waals surface area contributed by atoms with E-state index in [0.717, 1.165) is 32.1 Å². The van der Waals surface area contributed by atoms with Crippen LogP contribution in [0.3, 0.4) is 0 Å². The molecule has 1 amide bonds. The van der Waals surface area contributed by atoms with Crippen molar-refractivity contribution in [3.05, 3.63) is 0 Å². The molecule has 0 bridgehead atoms. The number of nitrogens with zero attached hydrogens (tertiary/aromatic N) is 1. The maximum absolute atomic E-state index is 13.4. The molecule has 6 nitrogen and oxygen atoms in total. The molecular weight excluding hydrogens is 466 g/mol. The molecule has 12 atom stereocenters. The standard InChI is InChI=1S/C31H49NO5/c1-18-16-19(26(35)32-12-14-36-15-13-32)37-24-23(18)28(4)10-11-31-17-30(31)9-8-22(33)27(2,3)20(30)6-7-21(31)29(28,5)25(24)34/h18-25,33-34H,6-17H2,1-5H3/t18-,19?,20+,21?,22?,23+,24?,25+,28-,29-,30-,31+/m1/s1. The largest absolute Gasteiger partial charge is 0.393 e. The number of amides is 1. The highest BCUT2D eigenvalue weighted by Gasteiger charge is 2.84. The van der Waals surface area contributed by atoms with E-state index in [1.165, 1.54) is 19.3 Å². The molecule has 2 spiro atoms. The van der Waals surface area contributed by atoms with Crippen LogP contribution in [0.5, 0.6) is 0 Å². The summed E-state index contributed by atoms with van der Waals surface area (Å²) >= 11 is 0. The molecule has 6 heteroatoms. The van der Waals surface area contributed by atoms with Gasteiger partial charge in [0.05, 0.1) is 31.5 Å². The Balaban J connectivity index is 1.21. The van der Waals surface area contributed by atoms with Gasteiger partial charge < -0.3 is 24.6 Å². The summed E-state index contributed by atoms with van der Waals surface area (Å²) in [6, 6.07) is 0. The molecule has 5 aliphatic carbocycles. The highest BCUT2D eigenvalue weighted by Crippen LogP contribution is 2.89. The van der Waals surface area contributed by atoms with Gasteiger partial charge in [0, 0.05) is 18.5 Å². The molecule has 0 aromatic rings. The van der Waals surface area contributed by atoms with Crippen LogP contribution >= 0.6 is 0 Å². The number of hydrogen-bond acceptors (Lipinski definition) is 5. The van der Waals surface area contributed by atoms with Crippen molar-refractivity contribution in [1.29, 1.82) is 0 Å². The van der Waals surface area contributed by atoms with Gasteiger partial charge in [-0.3, -0.25) is 4.79 Å². The first kappa shape index (κ1) is 25.3. The topological polar surface area (TPSA) is 79.2 Å². The van der Waals surface area contributed by atoms with Crippen LogP contribution in [-0.2, 0) is 14.3 Å². The lowest BCUT2D eigenvalue weighted by Crippen LogP contribution is -2.59. The zero-order valence-corrected chi connectivity index (χ0v) is 23.7. The van der Waals surface area contributed by atoms with E-state index in [1.54, 1.807) is 0 Å². The van der Waals surface area contributed by atoms with Gasteiger partial charge in [0.15, 0.2) is 0 Å². The van der Waals surface area contributed by atoms with E-state index in [-0.39, 0.29) is 40.3 Å². The average Bonchev–Trinajstić information content (AvgIpc) is 3.51. The summed E-state index contributed by atoms with van der Waals surface area (Å²) in [6.07, 6.45) is 7.38. The first-order valence-electron chi connectivity index (χ1n) is 15.3. The Hall–Kier alpha value is -0.690. The van der Waals surface area contributed by atoms with Gasteiger partial charge in [0.1, 0.15) is 6.10 Å². The second kappa shape index (κ2) is 7.73. The van der Waals surface area contributed by atoms with Crippen molar-refractivity contribution in [3.8, 4) is 0 Å². The lowest BCUT2D eigenvalue weighted by molar-refractivity contribution is -0.183. The Kier molecular flexibility index (Phi) is 5.29. The second-order valence-corrected chi connectivity index (χ2v) is 15.5. The van der Waals surface area contributed by atoms with Crippen LogP contribution in [0.1, 0.15) is 86.0 Å². The van der Waals surface area contributed by atoms with Gasteiger partial charge in [0.25, 0.3) is 5.91 Å². The number of carbonyl (C=O) groups excluding carboxylic acids is 1. The molecule has 2 heterocycles. The van der Waals surface area contributed by atoms with Crippen molar-refractivity contribution in [2.75, 3.05) is 26.3 Å². The fraction of sp³-hybridized carbons (Fsp3) is 0.968. The minimum absolute atomic E-state index is 0.0136. The third-order valence-electron chi connectivity index (χ3n) is 14.4. The maximum atomic E-state index is 13.4. The van der Waals surface area contributed by atoms with Crippen molar-refractivity contribution in [2.45, 2.75) is 110 Å². The molecule has 2 aliphatic heterocycles. The van der Waals surface area contributed by atoms with Gasteiger partial charge in [-0.1, -0.05) is 34.6 Å². The molecule has 7 aliphatic rings. The summed E-state index contributed by atoms with van der Waals surface area (Å²) in [5.74, 6) is 1.80. The van der Waals surface area contributed by atoms with E-state index < -0.39 is 12.2 Å². The van der Waals surface area contributed by atoms with Crippen LogP contribution in [0.15, 0.2) is 0 Å². The molecule has 2 N–H and O–H groups in total. The zero-order chi connectivity index (χ0) is 26.2. The lowest BCUT2D eigenvalue weighted by Gasteiger charge is -2.63. The summed E-state index contributed by atoms with van der Waals surface area (Å²) in [5.41, 5.74) is 0.432. The van der Waals surface area contributed by atoms with Crippen molar-refractivity contribution >= 4 is 5.91 Å². The molecule has 2 saturated heterocycles. The van der Waals surface area contributed by atoms with Gasteiger partial charge in [-0.15, -0.1) is 0 Å². The highest BCUT2D eigenvalue weighted by atomic mass is 16.5. The molecule has 4 unspecified atom stereocenters. The van der Waals surface area contributed by atoms with Gasteiger partial charge in [-0.05, 0) is 96.7 Å². The lowest BCUT2D eigenvalue weighted by atomic mass is 9.41. The smallest absolute Gasteiger partial charge is 0.251 e. The Morgan fingerprint density at radius 3 is 2.32 bits per heavy atom. The van der Waals surface area contributed by atoms with Crippen LogP contribution in [0.4, 0.5) is 0 Å². The van der Waals surface area contributed by atoms with E-state index in [9.17, 15) is 15.0 Å². The highest BCUT2D eigenvalue weighted by molar-refractivity contribution is 5.81. The summed E-state index contributed by atoms with van der Waals surface area (Å²) in [6.45, 7) is 14.3. The Bertz CT molecular complexity index is 979. The van der Waals surface area contributed by atoms with E-state index >= 15 is 0 Å². The minimum atomic E-state index is -0.538. The fourth-order valence-electron chi connectivity index (χ4n) is 12.4. The summed E-state index contributed by atoms with van der Waals surface area (Å²) in [4.78, 5) is 15.3. The molecule has 5 saturated carbocycles. The van der Waals surface area contributed by atoms with Crippen LogP contribution < -0.4 is 0 Å². The number of carbonyl (C=O) groups is 1. The van der Waals surface area contributed by atoms with Gasteiger partial charge in [-0.2, -0.15) is 0 Å². The molecular formula is C31H49NO5. The number of hydrogen-bond donors (Lipinski definition) is 2. The first-order chi connectivity index (χ1) is 17.4. The van der Waals surface area contributed by atoms with E-state index in [0.29, 0.717) is 54.9 Å². The Labute approximate surface area is 222 Å². The van der Waals surface area contributed by atoms with Gasteiger partial charge >= 0.3 is 0 Å². The van der Waals surface area contributed by atoms with Crippen LogP contribution in [0.2, 0.25) is 0 Å². The van der Waals surface area contributed by atoms with E-state index in [1.807, 2.05) is 4.90 Å². The molecule has 0 aromatic carbocycles. The van der Waals surface area contributed by atoms with Crippen molar-refractivity contribution in [2.24, 2.45) is 50.7 Å². The molecule has 37 heavy (non-hydrogen) atoms. The van der Waals surface area contributed by atoms with Gasteiger partial charge in [-0.25, -0.2) is 0 Å². The number of aliphatic hydroxyl groups is 2. The normalized spacial score (nSPS) is 57.9. The third kappa shape index (κ3) is 2.85. The van der Waals surface area contributed by atoms with Crippen molar-refractivity contribution < 1.29 is 24.5 Å². The monoisotopic (exact) mass is 515 g/mol. The molecule has 0 radical (unpaired) electrons. The maximum Gasteiger partial charge on any atom is 0.251 e. The predicted octanol–water partition coefficient (Wildman–Crippen LogP) is 4.02. The van der Waals surface area contributed by atoms with E-state index in [2.05, 4.69) is 34.6 Å². The Morgan fingerprint density at radius 2 is 1.59 bits per heavy atom. The second-order valence-electron chi connectivity index (χ2n) is 15.5. The summed E-state index contributed by atoms with van der Waals surface area (Å²) in [7, 11) is 0. The van der Waals surface area contributed by atoms with Crippen molar-refractivity contribution in [1.82, 2.24) is 4.90 Å². The number of ether oxygens (including phenoxy) is 2. The van der Waals surface area contributed by atoms with Crippen molar-refractivity contribution in [3.63, 3.8) is 0 Å². The number of rotatable bonds is 1. The SMILES string of the molecule is C[C@@H]1CC(C(=O)N2CCOCC2)OC2[C@H]1[C@@]1(C)CC[C@@]34C[C@@]35CCC(O)C(C)(C)[C@@H]5CCC4[C@]1(C)[C@H]2O. The quantitative estimate of drug-likeness (QED) is 0.552.